The number of fused-ring (bicyclic) bond motifs is 1. The molecule has 1 aliphatic rings. The summed E-state index contributed by atoms with van der Waals surface area (Å²) in [6, 6.07) is 2.22. The summed E-state index contributed by atoms with van der Waals surface area (Å²) in [5, 5.41) is 0. The van der Waals surface area contributed by atoms with Crippen LogP contribution in [-0.4, -0.2) is 10.8 Å². The number of hydrogen-bond donors (Lipinski definition) is 0. The van der Waals surface area contributed by atoms with Crippen LogP contribution < -0.4 is 0 Å². The number of hydrogen-bond acceptors (Lipinski definition) is 2. The maximum atomic E-state index is 11.4. The molecule has 0 saturated heterocycles. The van der Waals surface area contributed by atoms with E-state index in [-0.39, 0.29) is 0 Å². The van der Waals surface area contributed by atoms with Gasteiger partial charge in [0, 0.05) is 24.7 Å². The zero-order chi connectivity index (χ0) is 10.7. The first kappa shape index (κ1) is 10.3. The highest BCUT2D eigenvalue weighted by molar-refractivity contribution is 5.78. The summed E-state index contributed by atoms with van der Waals surface area (Å²) >= 11 is 0. The average Bonchev–Trinajstić information content (AvgIpc) is 2.24. The fraction of sp³-hybridized carbons (Fsp3) is 0.538. The highest BCUT2D eigenvalue weighted by Gasteiger charge is 2.12. The van der Waals surface area contributed by atoms with Gasteiger partial charge in [-0.15, -0.1) is 0 Å². The van der Waals surface area contributed by atoms with Gasteiger partial charge in [0.15, 0.2) is 0 Å². The quantitative estimate of drug-likeness (QED) is 0.702. The van der Waals surface area contributed by atoms with Crippen LogP contribution in [0.25, 0.3) is 0 Å². The zero-order valence-electron chi connectivity index (χ0n) is 9.25. The van der Waals surface area contributed by atoms with Crippen LogP contribution in [0.1, 0.15) is 43.0 Å². The Hall–Kier alpha value is -1.18. The van der Waals surface area contributed by atoms with Crippen molar-refractivity contribution in [2.75, 3.05) is 0 Å². The summed E-state index contributed by atoms with van der Waals surface area (Å²) in [4.78, 5) is 15.9. The first-order valence-corrected chi connectivity index (χ1v) is 5.78. The van der Waals surface area contributed by atoms with Crippen LogP contribution in [0, 0.1) is 0 Å². The minimum Gasteiger partial charge on any atom is -0.300 e. The second-order valence-corrected chi connectivity index (χ2v) is 4.20. The minimum atomic E-state index is 0.405. The lowest BCUT2D eigenvalue weighted by molar-refractivity contribution is -0.119. The van der Waals surface area contributed by atoms with Gasteiger partial charge in [0.25, 0.3) is 0 Å². The van der Waals surface area contributed by atoms with Crippen LogP contribution in [0.4, 0.5) is 0 Å². The molecule has 0 saturated carbocycles. The van der Waals surface area contributed by atoms with E-state index in [1.165, 1.54) is 16.8 Å². The van der Waals surface area contributed by atoms with E-state index in [1.807, 2.05) is 6.20 Å². The van der Waals surface area contributed by atoms with Crippen molar-refractivity contribution in [2.45, 2.75) is 45.4 Å². The number of carbonyl (C=O) groups is 1. The minimum absolute atomic E-state index is 0.405. The van der Waals surface area contributed by atoms with E-state index in [9.17, 15) is 4.79 Å². The molecule has 0 aliphatic heterocycles. The second kappa shape index (κ2) is 4.56. The molecule has 0 bridgehead atoms. The molecule has 2 rings (SSSR count). The monoisotopic (exact) mass is 203 g/mol. The summed E-state index contributed by atoms with van der Waals surface area (Å²) in [5.74, 6) is 0.405. The van der Waals surface area contributed by atoms with E-state index < -0.39 is 0 Å². The van der Waals surface area contributed by atoms with Gasteiger partial charge in [-0.2, -0.15) is 0 Å². The van der Waals surface area contributed by atoms with E-state index in [2.05, 4.69) is 18.0 Å². The Labute approximate surface area is 90.7 Å². The lowest BCUT2D eigenvalue weighted by atomic mass is 9.95. The molecule has 0 unspecified atom stereocenters. The molecule has 2 nitrogen and oxygen atoms in total. The number of pyridine rings is 1. The molecular weight excluding hydrogens is 186 g/mol. The van der Waals surface area contributed by atoms with Crippen LogP contribution in [0.3, 0.4) is 0 Å². The number of rotatable bonds is 1. The van der Waals surface area contributed by atoms with Gasteiger partial charge in [0.05, 0.1) is 0 Å². The summed E-state index contributed by atoms with van der Waals surface area (Å²) in [6.45, 7) is 2.14. The first-order chi connectivity index (χ1) is 7.29. The van der Waals surface area contributed by atoms with Crippen molar-refractivity contribution in [2.24, 2.45) is 0 Å². The van der Waals surface area contributed by atoms with E-state index in [4.69, 9.17) is 0 Å². The third-order valence-corrected chi connectivity index (χ3v) is 3.07. The lowest BCUT2D eigenvalue weighted by Crippen LogP contribution is -2.09. The predicted octanol–water partition coefficient (Wildman–Crippen LogP) is 2.48. The maximum absolute atomic E-state index is 11.4. The fourth-order valence-electron chi connectivity index (χ4n) is 2.08. The number of nitrogens with zero attached hydrogens (tertiary/aromatic N) is 1. The Morgan fingerprint density at radius 1 is 1.27 bits per heavy atom. The molecule has 0 aromatic carbocycles. The van der Waals surface area contributed by atoms with Crippen molar-refractivity contribution in [3.63, 3.8) is 0 Å². The Morgan fingerprint density at radius 2 is 2.13 bits per heavy atom. The lowest BCUT2D eigenvalue weighted by Gasteiger charge is -2.13. The molecule has 1 aromatic rings. The van der Waals surface area contributed by atoms with Crippen LogP contribution in [0.2, 0.25) is 0 Å². The Bertz CT molecular complexity index is 371. The first-order valence-electron chi connectivity index (χ1n) is 5.78. The van der Waals surface area contributed by atoms with Gasteiger partial charge in [0.1, 0.15) is 5.78 Å². The highest BCUT2D eigenvalue weighted by Crippen LogP contribution is 2.18. The molecular formula is C13H17NO. The molecule has 0 radical (unpaired) electrons. The van der Waals surface area contributed by atoms with Crippen molar-refractivity contribution in [1.82, 2.24) is 4.98 Å². The number of aryl methyl sites for hydroxylation is 3. The smallest absolute Gasteiger partial charge is 0.133 e. The Morgan fingerprint density at radius 3 is 2.93 bits per heavy atom. The van der Waals surface area contributed by atoms with Crippen molar-refractivity contribution in [3.8, 4) is 0 Å². The number of Topliss-reactive ketones (excluding diaryl/α,β-unsaturated/α-hetero) is 1. The molecule has 0 fully saturated rings. The van der Waals surface area contributed by atoms with Crippen molar-refractivity contribution < 1.29 is 4.79 Å². The van der Waals surface area contributed by atoms with Gasteiger partial charge in [-0.3, -0.25) is 9.78 Å². The van der Waals surface area contributed by atoms with E-state index in [1.54, 1.807) is 0 Å². The molecule has 0 N–H and O–H groups in total. The third kappa shape index (κ3) is 2.44. The molecule has 2 heteroatoms. The van der Waals surface area contributed by atoms with Crippen LogP contribution >= 0.6 is 0 Å². The molecule has 1 aromatic heterocycles. The SMILES string of the molecule is CCc1cnc2c(c1)CCC(=O)CCC2. The molecule has 80 valence electrons. The summed E-state index contributed by atoms with van der Waals surface area (Å²) in [7, 11) is 0. The second-order valence-electron chi connectivity index (χ2n) is 4.20. The molecule has 0 amide bonds. The summed E-state index contributed by atoms with van der Waals surface area (Å²) in [6.07, 6.45) is 7.24. The number of carbonyl (C=O) groups excluding carboxylic acids is 1. The Balaban J connectivity index is 2.27. The average molecular weight is 203 g/mol. The molecule has 1 aliphatic carbocycles. The van der Waals surface area contributed by atoms with Gasteiger partial charge in [-0.1, -0.05) is 13.0 Å². The van der Waals surface area contributed by atoms with Gasteiger partial charge in [-0.05, 0) is 36.8 Å². The summed E-state index contributed by atoms with van der Waals surface area (Å²) < 4.78 is 0. The number of aromatic nitrogens is 1. The van der Waals surface area contributed by atoms with Gasteiger partial charge >= 0.3 is 0 Å². The van der Waals surface area contributed by atoms with Crippen LogP contribution in [0.5, 0.6) is 0 Å². The Kier molecular flexibility index (Phi) is 3.14. The molecule has 15 heavy (non-hydrogen) atoms. The summed E-state index contributed by atoms with van der Waals surface area (Å²) in [5.41, 5.74) is 3.78. The molecule has 1 heterocycles. The van der Waals surface area contributed by atoms with Crippen LogP contribution in [-0.2, 0) is 24.1 Å². The fourth-order valence-corrected chi connectivity index (χ4v) is 2.08. The van der Waals surface area contributed by atoms with E-state index >= 15 is 0 Å². The van der Waals surface area contributed by atoms with Gasteiger partial charge < -0.3 is 0 Å². The maximum Gasteiger partial charge on any atom is 0.133 e. The standard InChI is InChI=1S/C13H17NO/c1-2-10-8-11-6-7-12(15)4-3-5-13(11)14-9-10/h8-9H,2-7H2,1H3. The van der Waals surface area contributed by atoms with Crippen molar-refractivity contribution >= 4 is 5.78 Å². The topological polar surface area (TPSA) is 30.0 Å². The normalized spacial score (nSPS) is 16.7. The van der Waals surface area contributed by atoms with Gasteiger partial charge in [-0.25, -0.2) is 0 Å². The van der Waals surface area contributed by atoms with Gasteiger partial charge in [0.2, 0.25) is 0 Å². The largest absolute Gasteiger partial charge is 0.300 e. The number of ketones is 1. The van der Waals surface area contributed by atoms with Crippen LogP contribution in [0.15, 0.2) is 12.3 Å². The van der Waals surface area contributed by atoms with Crippen molar-refractivity contribution in [1.29, 1.82) is 0 Å². The predicted molar refractivity (Wildman–Crippen MR) is 59.9 cm³/mol. The highest BCUT2D eigenvalue weighted by atomic mass is 16.1. The third-order valence-electron chi connectivity index (χ3n) is 3.07. The zero-order valence-corrected chi connectivity index (χ0v) is 9.25. The molecule has 0 atom stereocenters. The van der Waals surface area contributed by atoms with E-state index in [0.717, 1.165) is 32.1 Å². The molecule has 0 spiro atoms. The van der Waals surface area contributed by atoms with E-state index in [0.29, 0.717) is 12.2 Å². The van der Waals surface area contributed by atoms with Crippen molar-refractivity contribution in [3.05, 3.63) is 29.1 Å².